The topological polar surface area (TPSA) is 77.0 Å². The number of aryl methyl sites for hydroxylation is 1. The molecule has 0 unspecified atom stereocenters. The van der Waals surface area contributed by atoms with Crippen LogP contribution >= 0.6 is 0 Å². The van der Waals surface area contributed by atoms with Crippen LogP contribution in [-0.4, -0.2) is 32.5 Å². The fourth-order valence-electron chi connectivity index (χ4n) is 2.18. The summed E-state index contributed by atoms with van der Waals surface area (Å²) in [6.45, 7) is 2.64. The first-order chi connectivity index (χ1) is 7.20. The van der Waals surface area contributed by atoms with Gasteiger partial charge in [0.25, 0.3) is 0 Å². The summed E-state index contributed by atoms with van der Waals surface area (Å²) in [7, 11) is 0. The van der Waals surface area contributed by atoms with Crippen molar-refractivity contribution < 1.29 is 5.11 Å². The second-order valence-corrected chi connectivity index (χ2v) is 4.34. The molecule has 2 rings (SSSR count). The molecule has 3 N–H and O–H groups in total. The molecule has 84 valence electrons. The van der Waals surface area contributed by atoms with Gasteiger partial charge in [-0.1, -0.05) is 0 Å². The molecule has 0 bridgehead atoms. The number of aliphatic hydroxyl groups excluding tert-OH is 1. The molecule has 1 heterocycles. The van der Waals surface area contributed by atoms with Gasteiger partial charge in [0.2, 0.25) is 0 Å². The highest BCUT2D eigenvalue weighted by atomic mass is 16.3. The Balaban J connectivity index is 2.01. The van der Waals surface area contributed by atoms with E-state index in [-0.39, 0.29) is 6.61 Å². The van der Waals surface area contributed by atoms with E-state index >= 15 is 0 Å². The molecule has 5 heteroatoms. The van der Waals surface area contributed by atoms with Gasteiger partial charge in [-0.15, -0.1) is 10.2 Å². The van der Waals surface area contributed by atoms with Crippen molar-refractivity contribution in [2.24, 2.45) is 11.7 Å². The van der Waals surface area contributed by atoms with Crippen LogP contribution in [0.4, 0.5) is 0 Å². The number of hydrogen-bond acceptors (Lipinski definition) is 4. The molecule has 1 fully saturated rings. The van der Waals surface area contributed by atoms with Crippen molar-refractivity contribution in [3.8, 4) is 0 Å². The van der Waals surface area contributed by atoms with Crippen LogP contribution in [0.5, 0.6) is 0 Å². The van der Waals surface area contributed by atoms with Gasteiger partial charge < -0.3 is 15.4 Å². The normalized spacial score (nSPS) is 25.3. The van der Waals surface area contributed by atoms with Gasteiger partial charge in [0.15, 0.2) is 0 Å². The lowest BCUT2D eigenvalue weighted by Gasteiger charge is -2.32. The summed E-state index contributed by atoms with van der Waals surface area (Å²) in [5.41, 5.74) is 5.74. The molecule has 1 aromatic rings. The maximum Gasteiger partial charge on any atom is 0.133 e. The van der Waals surface area contributed by atoms with Gasteiger partial charge in [0, 0.05) is 19.0 Å². The van der Waals surface area contributed by atoms with Crippen LogP contribution in [0, 0.1) is 12.8 Å². The molecule has 1 aliphatic rings. The highest BCUT2D eigenvalue weighted by Gasteiger charge is 2.27. The van der Waals surface area contributed by atoms with E-state index < -0.39 is 0 Å². The molecule has 0 saturated heterocycles. The Morgan fingerprint density at radius 3 is 2.80 bits per heavy atom. The summed E-state index contributed by atoms with van der Waals surface area (Å²) in [4.78, 5) is 0. The minimum Gasteiger partial charge on any atom is -0.395 e. The zero-order chi connectivity index (χ0) is 10.8. The molecule has 0 aliphatic heterocycles. The van der Waals surface area contributed by atoms with Gasteiger partial charge in [0.05, 0.1) is 6.61 Å². The van der Waals surface area contributed by atoms with Crippen LogP contribution in [0.1, 0.15) is 24.5 Å². The average molecular weight is 210 g/mol. The lowest BCUT2D eigenvalue weighted by atomic mass is 9.78. The third-order valence-corrected chi connectivity index (χ3v) is 3.08. The van der Waals surface area contributed by atoms with Crippen molar-refractivity contribution in [3.63, 3.8) is 0 Å². The summed E-state index contributed by atoms with van der Waals surface area (Å²) in [5, 5.41) is 17.1. The van der Waals surface area contributed by atoms with E-state index in [2.05, 4.69) is 10.2 Å². The van der Waals surface area contributed by atoms with E-state index in [1.807, 2.05) is 11.5 Å². The summed E-state index contributed by atoms with van der Waals surface area (Å²) in [5.74, 6) is 2.52. The standard InChI is InChI=1S/C10H18N4O/c1-7-12-13-10(14(7)2-3-15)6-8-4-9(11)5-8/h8-9,15H,2-6,11H2,1H3. The summed E-state index contributed by atoms with van der Waals surface area (Å²) < 4.78 is 1.99. The van der Waals surface area contributed by atoms with E-state index in [9.17, 15) is 0 Å². The Morgan fingerprint density at radius 1 is 1.47 bits per heavy atom. The Labute approximate surface area is 89.3 Å². The first-order valence-corrected chi connectivity index (χ1v) is 5.46. The van der Waals surface area contributed by atoms with Gasteiger partial charge in [-0.25, -0.2) is 0 Å². The minimum absolute atomic E-state index is 0.135. The fraction of sp³-hybridized carbons (Fsp3) is 0.800. The molecule has 1 aromatic heterocycles. The zero-order valence-electron chi connectivity index (χ0n) is 9.06. The number of hydrogen-bond donors (Lipinski definition) is 2. The number of aromatic nitrogens is 3. The number of nitrogens with two attached hydrogens (primary N) is 1. The molecule has 1 saturated carbocycles. The molecule has 0 spiro atoms. The Kier molecular flexibility index (Phi) is 3.02. The lowest BCUT2D eigenvalue weighted by molar-refractivity contribution is 0.249. The second-order valence-electron chi connectivity index (χ2n) is 4.34. The summed E-state index contributed by atoms with van der Waals surface area (Å²) in [6, 6.07) is 0.380. The monoisotopic (exact) mass is 210 g/mol. The predicted molar refractivity (Wildman–Crippen MR) is 56.2 cm³/mol. The van der Waals surface area contributed by atoms with Crippen molar-refractivity contribution in [3.05, 3.63) is 11.6 Å². The smallest absolute Gasteiger partial charge is 0.133 e. The average Bonchev–Trinajstić information content (AvgIpc) is 2.48. The van der Waals surface area contributed by atoms with Crippen LogP contribution in [0.15, 0.2) is 0 Å². The first kappa shape index (κ1) is 10.6. The van der Waals surface area contributed by atoms with Gasteiger partial charge in [-0.05, 0) is 25.7 Å². The highest BCUT2D eigenvalue weighted by molar-refractivity contribution is 4.98. The van der Waals surface area contributed by atoms with E-state index in [0.717, 1.165) is 30.9 Å². The predicted octanol–water partition coefficient (Wildman–Crippen LogP) is -0.141. The van der Waals surface area contributed by atoms with Crippen LogP contribution in [0.25, 0.3) is 0 Å². The molecule has 5 nitrogen and oxygen atoms in total. The zero-order valence-corrected chi connectivity index (χ0v) is 9.06. The molecular formula is C10H18N4O. The van der Waals surface area contributed by atoms with E-state index in [0.29, 0.717) is 18.5 Å². The molecule has 15 heavy (non-hydrogen) atoms. The van der Waals surface area contributed by atoms with Crippen LogP contribution in [0.2, 0.25) is 0 Å². The third-order valence-electron chi connectivity index (χ3n) is 3.08. The van der Waals surface area contributed by atoms with E-state index in [1.165, 1.54) is 0 Å². The Hall–Kier alpha value is -0.940. The molecule has 0 atom stereocenters. The molecule has 0 amide bonds. The maximum atomic E-state index is 8.94. The number of aliphatic hydroxyl groups is 1. The summed E-state index contributed by atoms with van der Waals surface area (Å²) >= 11 is 0. The van der Waals surface area contributed by atoms with Gasteiger partial charge >= 0.3 is 0 Å². The Morgan fingerprint density at radius 2 is 2.20 bits per heavy atom. The quantitative estimate of drug-likeness (QED) is 0.725. The van der Waals surface area contributed by atoms with Gasteiger partial charge in [0.1, 0.15) is 11.6 Å². The number of rotatable bonds is 4. The van der Waals surface area contributed by atoms with E-state index in [1.54, 1.807) is 0 Å². The van der Waals surface area contributed by atoms with Crippen molar-refractivity contribution in [2.75, 3.05) is 6.61 Å². The second kappa shape index (κ2) is 4.28. The van der Waals surface area contributed by atoms with Gasteiger partial charge in [-0.3, -0.25) is 0 Å². The number of nitrogens with zero attached hydrogens (tertiary/aromatic N) is 3. The molecule has 0 radical (unpaired) electrons. The highest BCUT2D eigenvalue weighted by Crippen LogP contribution is 2.28. The van der Waals surface area contributed by atoms with E-state index in [4.69, 9.17) is 10.8 Å². The van der Waals surface area contributed by atoms with Gasteiger partial charge in [-0.2, -0.15) is 0 Å². The molecule has 1 aliphatic carbocycles. The SMILES string of the molecule is Cc1nnc(CC2CC(N)C2)n1CCO. The van der Waals surface area contributed by atoms with Crippen molar-refractivity contribution in [1.82, 2.24) is 14.8 Å². The first-order valence-electron chi connectivity index (χ1n) is 5.46. The summed E-state index contributed by atoms with van der Waals surface area (Å²) in [6.07, 6.45) is 3.12. The lowest BCUT2D eigenvalue weighted by Crippen LogP contribution is -2.37. The third kappa shape index (κ3) is 2.18. The molecule has 0 aromatic carbocycles. The van der Waals surface area contributed by atoms with Crippen LogP contribution in [0.3, 0.4) is 0 Å². The maximum absolute atomic E-state index is 8.94. The van der Waals surface area contributed by atoms with Crippen molar-refractivity contribution >= 4 is 0 Å². The fourth-order valence-corrected chi connectivity index (χ4v) is 2.18. The van der Waals surface area contributed by atoms with Crippen molar-refractivity contribution in [2.45, 2.75) is 38.8 Å². The Bertz CT molecular complexity index is 330. The minimum atomic E-state index is 0.135. The van der Waals surface area contributed by atoms with Crippen molar-refractivity contribution in [1.29, 1.82) is 0 Å². The van der Waals surface area contributed by atoms with Crippen LogP contribution in [-0.2, 0) is 13.0 Å². The van der Waals surface area contributed by atoms with Crippen LogP contribution < -0.4 is 5.73 Å². The molecular weight excluding hydrogens is 192 g/mol. The largest absolute Gasteiger partial charge is 0.395 e.